The highest BCUT2D eigenvalue weighted by Gasteiger charge is 2.08. The molecule has 1 N–H and O–H groups in total. The molecule has 26 heavy (non-hydrogen) atoms. The van der Waals surface area contributed by atoms with Crippen molar-refractivity contribution in [1.82, 2.24) is 0 Å². The van der Waals surface area contributed by atoms with E-state index >= 15 is 0 Å². The van der Waals surface area contributed by atoms with Crippen molar-refractivity contribution in [2.75, 3.05) is 11.9 Å². The highest BCUT2D eigenvalue weighted by molar-refractivity contribution is 6.30. The molecule has 0 atom stereocenters. The third-order valence-electron chi connectivity index (χ3n) is 3.80. The first-order valence-corrected chi connectivity index (χ1v) is 8.68. The lowest BCUT2D eigenvalue weighted by atomic mass is 10.1. The summed E-state index contributed by atoms with van der Waals surface area (Å²) in [7, 11) is 0. The second kappa shape index (κ2) is 8.06. The van der Waals surface area contributed by atoms with E-state index in [-0.39, 0.29) is 12.5 Å². The molecule has 0 bridgehead atoms. The second-order valence-electron chi connectivity index (χ2n) is 5.85. The number of carbonyl (C=O) groups excluding carboxylic acids is 1. The lowest BCUT2D eigenvalue weighted by molar-refractivity contribution is -0.118. The minimum absolute atomic E-state index is 0.170. The number of amides is 1. The molecule has 5 nitrogen and oxygen atoms in total. The molecule has 0 aliphatic rings. The zero-order valence-corrected chi connectivity index (χ0v) is 15.0. The van der Waals surface area contributed by atoms with Gasteiger partial charge in [0.15, 0.2) is 6.61 Å². The van der Waals surface area contributed by atoms with Gasteiger partial charge in [-0.3, -0.25) is 4.79 Å². The summed E-state index contributed by atoms with van der Waals surface area (Å²) in [5.74, 6) is 0.143. The van der Waals surface area contributed by atoms with E-state index < -0.39 is 5.63 Å². The molecule has 0 aliphatic carbocycles. The predicted octanol–water partition coefficient (Wildman–Crippen LogP) is 4.42. The van der Waals surface area contributed by atoms with Crippen LogP contribution in [0.2, 0.25) is 5.02 Å². The van der Waals surface area contributed by atoms with Gasteiger partial charge in [-0.05, 0) is 42.3 Å². The summed E-state index contributed by atoms with van der Waals surface area (Å²) < 4.78 is 10.8. The first-order chi connectivity index (χ1) is 12.5. The minimum Gasteiger partial charge on any atom is -0.484 e. The molecule has 0 aliphatic heterocycles. The highest BCUT2D eigenvalue weighted by atomic mass is 35.5. The van der Waals surface area contributed by atoms with Crippen LogP contribution in [0.3, 0.4) is 0 Å². The fourth-order valence-electron chi connectivity index (χ4n) is 2.69. The third kappa shape index (κ3) is 4.43. The van der Waals surface area contributed by atoms with E-state index in [1.807, 2.05) is 6.07 Å². The van der Waals surface area contributed by atoms with Crippen molar-refractivity contribution in [1.29, 1.82) is 0 Å². The normalized spacial score (nSPS) is 10.7. The number of aryl methyl sites for hydroxylation is 1. The zero-order chi connectivity index (χ0) is 18.5. The van der Waals surface area contributed by atoms with Crippen molar-refractivity contribution in [3.8, 4) is 5.75 Å². The molecule has 1 aromatic heterocycles. The summed E-state index contributed by atoms with van der Waals surface area (Å²) >= 11 is 5.89. The Hall–Kier alpha value is -2.79. The van der Waals surface area contributed by atoms with Crippen molar-refractivity contribution in [3.05, 3.63) is 69.5 Å². The molecule has 2 aromatic carbocycles. The van der Waals surface area contributed by atoms with Gasteiger partial charge in [-0.2, -0.15) is 0 Å². The number of carbonyl (C=O) groups is 1. The van der Waals surface area contributed by atoms with Crippen LogP contribution in [-0.4, -0.2) is 12.5 Å². The van der Waals surface area contributed by atoms with Gasteiger partial charge in [-0.15, -0.1) is 0 Å². The van der Waals surface area contributed by atoms with E-state index in [2.05, 4.69) is 12.2 Å². The summed E-state index contributed by atoms with van der Waals surface area (Å²) in [6, 6.07) is 13.6. The summed E-state index contributed by atoms with van der Waals surface area (Å²) in [5, 5.41) is 4.12. The van der Waals surface area contributed by atoms with Gasteiger partial charge >= 0.3 is 5.63 Å². The summed E-state index contributed by atoms with van der Waals surface area (Å²) in [4.78, 5) is 23.7. The predicted molar refractivity (Wildman–Crippen MR) is 102 cm³/mol. The Morgan fingerprint density at radius 2 is 2.04 bits per heavy atom. The van der Waals surface area contributed by atoms with Crippen molar-refractivity contribution < 1.29 is 13.9 Å². The van der Waals surface area contributed by atoms with Crippen molar-refractivity contribution in [2.24, 2.45) is 0 Å². The quantitative estimate of drug-likeness (QED) is 0.651. The fourth-order valence-corrected chi connectivity index (χ4v) is 2.88. The lowest BCUT2D eigenvalue weighted by Crippen LogP contribution is -2.20. The van der Waals surface area contributed by atoms with E-state index in [4.69, 9.17) is 20.8 Å². The van der Waals surface area contributed by atoms with Crippen LogP contribution >= 0.6 is 11.6 Å². The third-order valence-corrected chi connectivity index (χ3v) is 4.03. The molecule has 0 saturated carbocycles. The maximum absolute atomic E-state index is 12.0. The van der Waals surface area contributed by atoms with Crippen LogP contribution in [-0.2, 0) is 11.2 Å². The van der Waals surface area contributed by atoms with Crippen molar-refractivity contribution >= 4 is 34.2 Å². The molecule has 0 fully saturated rings. The monoisotopic (exact) mass is 371 g/mol. The van der Waals surface area contributed by atoms with E-state index in [1.54, 1.807) is 36.4 Å². The number of rotatable bonds is 6. The summed E-state index contributed by atoms with van der Waals surface area (Å²) in [6.45, 7) is 1.88. The van der Waals surface area contributed by atoms with Gasteiger partial charge in [-0.25, -0.2) is 4.79 Å². The van der Waals surface area contributed by atoms with Gasteiger partial charge in [0, 0.05) is 28.2 Å². The first kappa shape index (κ1) is 18.0. The molecule has 0 spiro atoms. The lowest BCUT2D eigenvalue weighted by Gasteiger charge is -2.09. The number of nitrogens with one attached hydrogen (secondary N) is 1. The second-order valence-corrected chi connectivity index (χ2v) is 6.28. The molecule has 6 heteroatoms. The minimum atomic E-state index is -0.392. The highest BCUT2D eigenvalue weighted by Crippen LogP contribution is 2.23. The molecule has 1 heterocycles. The summed E-state index contributed by atoms with van der Waals surface area (Å²) in [5.41, 5.74) is 1.61. The number of benzene rings is 2. The zero-order valence-electron chi connectivity index (χ0n) is 14.3. The van der Waals surface area contributed by atoms with Crippen LogP contribution in [0.4, 0.5) is 5.69 Å². The van der Waals surface area contributed by atoms with Crippen LogP contribution in [0.5, 0.6) is 5.75 Å². The van der Waals surface area contributed by atoms with Crippen molar-refractivity contribution in [3.63, 3.8) is 0 Å². The van der Waals surface area contributed by atoms with Gasteiger partial charge in [0.2, 0.25) is 0 Å². The molecule has 3 aromatic rings. The summed E-state index contributed by atoms with van der Waals surface area (Å²) in [6.07, 6.45) is 1.73. The Morgan fingerprint density at radius 3 is 2.81 bits per heavy atom. The Bertz CT molecular complexity index is 997. The first-order valence-electron chi connectivity index (χ1n) is 8.30. The maximum Gasteiger partial charge on any atom is 0.336 e. The molecular weight excluding hydrogens is 354 g/mol. The van der Waals surface area contributed by atoms with Gasteiger partial charge in [0.05, 0.1) is 0 Å². The van der Waals surface area contributed by atoms with E-state index in [0.29, 0.717) is 22.0 Å². The van der Waals surface area contributed by atoms with Gasteiger partial charge < -0.3 is 14.5 Å². The van der Waals surface area contributed by atoms with Gasteiger partial charge in [0.1, 0.15) is 11.3 Å². The SMILES string of the molecule is CCCc1cc(=O)oc2cc(OCC(=O)Nc3cccc(Cl)c3)ccc12. The fraction of sp³-hybridized carbons (Fsp3) is 0.200. The number of anilines is 1. The molecule has 0 radical (unpaired) electrons. The standard InChI is InChI=1S/C20H18ClNO4/c1-2-4-13-9-20(24)26-18-11-16(7-8-17(13)18)25-12-19(23)22-15-6-3-5-14(21)10-15/h3,5-11H,2,4,12H2,1H3,(H,22,23). The number of ether oxygens (including phenoxy) is 1. The number of hydrogen-bond donors (Lipinski definition) is 1. The van der Waals surface area contributed by atoms with Gasteiger partial charge in [-0.1, -0.05) is 31.0 Å². The molecule has 134 valence electrons. The average Bonchev–Trinajstić information content (AvgIpc) is 2.60. The van der Waals surface area contributed by atoms with Crippen molar-refractivity contribution in [2.45, 2.75) is 19.8 Å². The maximum atomic E-state index is 12.0. The molecular formula is C20H18ClNO4. The molecule has 0 saturated heterocycles. The average molecular weight is 372 g/mol. The van der Waals surface area contributed by atoms with Crippen LogP contribution in [0.15, 0.2) is 57.7 Å². The Balaban J connectivity index is 1.71. The van der Waals surface area contributed by atoms with Gasteiger partial charge in [0.25, 0.3) is 5.91 Å². The Labute approximate surface area is 155 Å². The van der Waals surface area contributed by atoms with Crippen LogP contribution < -0.4 is 15.7 Å². The van der Waals surface area contributed by atoms with Crippen LogP contribution in [0.1, 0.15) is 18.9 Å². The smallest absolute Gasteiger partial charge is 0.336 e. The Kier molecular flexibility index (Phi) is 5.58. The van der Waals surface area contributed by atoms with Crippen LogP contribution in [0, 0.1) is 0 Å². The van der Waals surface area contributed by atoms with Crippen LogP contribution in [0.25, 0.3) is 11.0 Å². The van der Waals surface area contributed by atoms with E-state index in [1.165, 1.54) is 6.07 Å². The largest absolute Gasteiger partial charge is 0.484 e. The van der Waals surface area contributed by atoms with E-state index in [0.717, 1.165) is 23.8 Å². The number of hydrogen-bond acceptors (Lipinski definition) is 4. The molecule has 1 amide bonds. The van der Waals surface area contributed by atoms with E-state index in [9.17, 15) is 9.59 Å². The molecule has 0 unspecified atom stereocenters. The number of fused-ring (bicyclic) bond motifs is 1. The molecule has 3 rings (SSSR count). The topological polar surface area (TPSA) is 68.5 Å². The Morgan fingerprint density at radius 1 is 1.19 bits per heavy atom. The number of halogens is 1.